The summed E-state index contributed by atoms with van der Waals surface area (Å²) in [5, 5.41) is 0. The molecule has 1 saturated heterocycles. The van der Waals surface area contributed by atoms with E-state index < -0.39 is 10.0 Å². The number of rotatable bonds is 5. The zero-order valence-electron chi connectivity index (χ0n) is 15.7. The molecule has 1 heterocycles. The van der Waals surface area contributed by atoms with Crippen LogP contribution in [0.3, 0.4) is 0 Å². The molecule has 0 N–H and O–H groups in total. The molecule has 1 amide bonds. The first-order chi connectivity index (χ1) is 13.0. The van der Waals surface area contributed by atoms with Gasteiger partial charge in [0.15, 0.2) is 0 Å². The van der Waals surface area contributed by atoms with Crippen LogP contribution in [0.4, 0.5) is 0 Å². The van der Waals surface area contributed by atoms with E-state index in [1.807, 2.05) is 49.4 Å². The number of carbonyl (C=O) groups is 1. The molecular formula is C21H26N2O3S. The molecule has 0 radical (unpaired) electrons. The van der Waals surface area contributed by atoms with E-state index >= 15 is 0 Å². The van der Waals surface area contributed by atoms with Crippen molar-refractivity contribution in [3.05, 3.63) is 65.7 Å². The average molecular weight is 387 g/mol. The van der Waals surface area contributed by atoms with E-state index in [1.54, 1.807) is 17.0 Å². The number of sulfonamides is 1. The summed E-state index contributed by atoms with van der Waals surface area (Å²) in [4.78, 5) is 14.7. The third kappa shape index (κ3) is 4.96. The zero-order valence-corrected chi connectivity index (χ0v) is 16.5. The van der Waals surface area contributed by atoms with Gasteiger partial charge in [-0.2, -0.15) is 4.31 Å². The summed E-state index contributed by atoms with van der Waals surface area (Å²) < 4.78 is 27.2. The zero-order chi connectivity index (χ0) is 19.3. The highest BCUT2D eigenvalue weighted by Crippen LogP contribution is 2.18. The molecule has 27 heavy (non-hydrogen) atoms. The Labute approximate surface area is 161 Å². The van der Waals surface area contributed by atoms with Gasteiger partial charge in [-0.15, -0.1) is 0 Å². The van der Waals surface area contributed by atoms with Crippen LogP contribution >= 0.6 is 0 Å². The topological polar surface area (TPSA) is 57.7 Å². The van der Waals surface area contributed by atoms with Crippen LogP contribution in [0.5, 0.6) is 0 Å². The molecule has 0 atom stereocenters. The Hall–Kier alpha value is -2.18. The molecule has 1 fully saturated rings. The van der Waals surface area contributed by atoms with Crippen molar-refractivity contribution in [2.45, 2.75) is 31.1 Å². The van der Waals surface area contributed by atoms with Gasteiger partial charge in [0.05, 0.1) is 4.90 Å². The third-order valence-corrected chi connectivity index (χ3v) is 6.85. The van der Waals surface area contributed by atoms with Gasteiger partial charge in [0.2, 0.25) is 15.9 Å². The summed E-state index contributed by atoms with van der Waals surface area (Å²) in [7, 11) is -3.51. The van der Waals surface area contributed by atoms with Gasteiger partial charge in [0.1, 0.15) is 0 Å². The smallest absolute Gasteiger partial charge is 0.243 e. The molecule has 0 aromatic heterocycles. The van der Waals surface area contributed by atoms with Crippen molar-refractivity contribution in [3.8, 4) is 0 Å². The highest BCUT2D eigenvalue weighted by atomic mass is 32.2. The van der Waals surface area contributed by atoms with Crippen LogP contribution in [0.1, 0.15) is 24.0 Å². The SMILES string of the molecule is Cc1ccc(S(=O)(=O)N2CCCN(C(=O)CCc3ccccc3)CC2)cc1. The second-order valence-electron chi connectivity index (χ2n) is 6.94. The number of nitrogens with zero attached hydrogens (tertiary/aromatic N) is 2. The minimum Gasteiger partial charge on any atom is -0.341 e. The highest BCUT2D eigenvalue weighted by molar-refractivity contribution is 7.89. The minimum atomic E-state index is -3.51. The summed E-state index contributed by atoms with van der Waals surface area (Å²) in [6.45, 7) is 3.76. The predicted octanol–water partition coefficient (Wildman–Crippen LogP) is 2.85. The van der Waals surface area contributed by atoms with Crippen LogP contribution < -0.4 is 0 Å². The molecular weight excluding hydrogens is 360 g/mol. The van der Waals surface area contributed by atoms with Gasteiger partial charge in [-0.1, -0.05) is 48.0 Å². The number of aryl methyl sites for hydroxylation is 2. The molecule has 6 heteroatoms. The summed E-state index contributed by atoms with van der Waals surface area (Å²) in [6.07, 6.45) is 1.82. The second-order valence-corrected chi connectivity index (χ2v) is 8.88. The van der Waals surface area contributed by atoms with Crippen molar-refractivity contribution < 1.29 is 13.2 Å². The van der Waals surface area contributed by atoms with Crippen molar-refractivity contribution in [2.75, 3.05) is 26.2 Å². The molecule has 0 saturated carbocycles. The van der Waals surface area contributed by atoms with Gasteiger partial charge >= 0.3 is 0 Å². The van der Waals surface area contributed by atoms with Crippen LogP contribution in [-0.2, 0) is 21.2 Å². The first kappa shape index (κ1) is 19.6. The van der Waals surface area contributed by atoms with Crippen molar-refractivity contribution >= 4 is 15.9 Å². The van der Waals surface area contributed by atoms with E-state index in [0.717, 1.165) is 11.1 Å². The summed E-state index contributed by atoms with van der Waals surface area (Å²) in [5.41, 5.74) is 2.17. The van der Waals surface area contributed by atoms with Gasteiger partial charge in [0.25, 0.3) is 0 Å². The first-order valence-corrected chi connectivity index (χ1v) is 10.8. The van der Waals surface area contributed by atoms with Crippen molar-refractivity contribution in [1.29, 1.82) is 0 Å². The lowest BCUT2D eigenvalue weighted by atomic mass is 10.1. The van der Waals surface area contributed by atoms with Gasteiger partial charge in [-0.25, -0.2) is 8.42 Å². The number of hydrogen-bond acceptors (Lipinski definition) is 3. The fourth-order valence-corrected chi connectivity index (χ4v) is 4.77. The Morgan fingerprint density at radius 1 is 0.926 bits per heavy atom. The quantitative estimate of drug-likeness (QED) is 0.794. The van der Waals surface area contributed by atoms with Crippen molar-refractivity contribution in [3.63, 3.8) is 0 Å². The Balaban J connectivity index is 1.59. The van der Waals surface area contributed by atoms with Gasteiger partial charge in [0, 0.05) is 32.6 Å². The van der Waals surface area contributed by atoms with Gasteiger partial charge < -0.3 is 4.90 Å². The maximum Gasteiger partial charge on any atom is 0.243 e. The van der Waals surface area contributed by atoms with E-state index in [9.17, 15) is 13.2 Å². The summed E-state index contributed by atoms with van der Waals surface area (Å²) in [5.74, 6) is 0.0911. The van der Waals surface area contributed by atoms with Crippen LogP contribution in [0.15, 0.2) is 59.5 Å². The molecule has 0 unspecified atom stereocenters. The molecule has 5 nitrogen and oxygen atoms in total. The Kier molecular flexibility index (Phi) is 6.29. The Bertz CT molecular complexity index is 864. The number of amides is 1. The summed E-state index contributed by atoms with van der Waals surface area (Å²) in [6, 6.07) is 16.9. The molecule has 0 spiro atoms. The monoisotopic (exact) mass is 386 g/mol. The van der Waals surface area contributed by atoms with E-state index in [-0.39, 0.29) is 5.91 Å². The Morgan fingerprint density at radius 3 is 2.33 bits per heavy atom. The first-order valence-electron chi connectivity index (χ1n) is 9.35. The lowest BCUT2D eigenvalue weighted by Gasteiger charge is -2.22. The molecule has 0 bridgehead atoms. The molecule has 0 aliphatic carbocycles. The van der Waals surface area contributed by atoms with E-state index in [1.165, 1.54) is 4.31 Å². The third-order valence-electron chi connectivity index (χ3n) is 4.94. The molecule has 1 aliphatic heterocycles. The number of carbonyl (C=O) groups excluding carboxylic acids is 1. The fourth-order valence-electron chi connectivity index (χ4n) is 3.30. The predicted molar refractivity (Wildman–Crippen MR) is 106 cm³/mol. The average Bonchev–Trinajstić information content (AvgIpc) is 2.94. The van der Waals surface area contributed by atoms with Crippen molar-refractivity contribution in [2.24, 2.45) is 0 Å². The minimum absolute atomic E-state index is 0.0911. The fraction of sp³-hybridized carbons (Fsp3) is 0.381. The maximum absolute atomic E-state index is 12.9. The van der Waals surface area contributed by atoms with E-state index in [0.29, 0.717) is 50.3 Å². The van der Waals surface area contributed by atoms with Gasteiger partial charge in [-0.3, -0.25) is 4.79 Å². The van der Waals surface area contributed by atoms with Crippen LogP contribution in [0.2, 0.25) is 0 Å². The largest absolute Gasteiger partial charge is 0.341 e. The normalized spacial score (nSPS) is 16.1. The molecule has 3 rings (SSSR count). The highest BCUT2D eigenvalue weighted by Gasteiger charge is 2.28. The molecule has 1 aliphatic rings. The lowest BCUT2D eigenvalue weighted by molar-refractivity contribution is -0.131. The van der Waals surface area contributed by atoms with Crippen LogP contribution in [-0.4, -0.2) is 49.7 Å². The second kappa shape index (κ2) is 8.67. The van der Waals surface area contributed by atoms with E-state index in [4.69, 9.17) is 0 Å². The molecule has 2 aromatic carbocycles. The Morgan fingerprint density at radius 2 is 1.63 bits per heavy atom. The number of benzene rings is 2. The van der Waals surface area contributed by atoms with Crippen LogP contribution in [0.25, 0.3) is 0 Å². The van der Waals surface area contributed by atoms with E-state index in [2.05, 4.69) is 0 Å². The number of hydrogen-bond donors (Lipinski definition) is 0. The van der Waals surface area contributed by atoms with Crippen LogP contribution in [0, 0.1) is 6.92 Å². The maximum atomic E-state index is 12.9. The molecule has 2 aromatic rings. The molecule has 144 valence electrons. The standard InChI is InChI=1S/C21H26N2O3S/c1-18-8-11-20(12-9-18)27(25,26)23-15-5-14-22(16-17-23)21(24)13-10-19-6-3-2-4-7-19/h2-4,6-9,11-12H,5,10,13-17H2,1H3. The van der Waals surface area contributed by atoms with Crippen molar-refractivity contribution in [1.82, 2.24) is 9.21 Å². The lowest BCUT2D eigenvalue weighted by Crippen LogP contribution is -2.37. The van der Waals surface area contributed by atoms with Gasteiger partial charge in [-0.05, 0) is 37.5 Å². The summed E-state index contributed by atoms with van der Waals surface area (Å²) >= 11 is 0.